The lowest BCUT2D eigenvalue weighted by molar-refractivity contribution is -0.120. The van der Waals surface area contributed by atoms with Crippen molar-refractivity contribution in [2.45, 2.75) is 0 Å². The lowest BCUT2D eigenvalue weighted by atomic mass is 10.2. The molecule has 2 aromatic carbocycles. The quantitative estimate of drug-likeness (QED) is 0.848. The van der Waals surface area contributed by atoms with Crippen LogP contribution in [0.25, 0.3) is 0 Å². The molecule has 2 rings (SSSR count). The Morgan fingerprint density at radius 3 is 2.45 bits per heavy atom. The Balaban J connectivity index is 2.16. The number of hydrogen-bond acceptors (Lipinski definition) is 4. The molecule has 0 heterocycles. The van der Waals surface area contributed by atoms with Crippen molar-refractivity contribution < 1.29 is 19.1 Å². The molecular formula is C15H13NO4. The summed E-state index contributed by atoms with van der Waals surface area (Å²) in [6.45, 7) is 0.318. The van der Waals surface area contributed by atoms with Gasteiger partial charge in [0.15, 0.2) is 5.75 Å². The first-order valence-corrected chi connectivity index (χ1v) is 5.89. The Labute approximate surface area is 116 Å². The fourth-order valence-corrected chi connectivity index (χ4v) is 1.66. The molecule has 20 heavy (non-hydrogen) atoms. The van der Waals surface area contributed by atoms with Gasteiger partial charge < -0.3 is 14.8 Å². The van der Waals surface area contributed by atoms with E-state index in [-0.39, 0.29) is 5.91 Å². The van der Waals surface area contributed by atoms with Crippen LogP contribution in [0, 0.1) is 0 Å². The molecule has 1 N–H and O–H groups in total. The van der Waals surface area contributed by atoms with Crippen LogP contribution < -0.4 is 14.8 Å². The summed E-state index contributed by atoms with van der Waals surface area (Å²) in [5.74, 6) is 0.671. The lowest BCUT2D eigenvalue weighted by Gasteiger charge is -2.09. The number of carbonyl (C=O) groups excluding carboxylic acids is 2. The van der Waals surface area contributed by atoms with E-state index < -0.39 is 0 Å². The van der Waals surface area contributed by atoms with Gasteiger partial charge in [0.05, 0.1) is 12.8 Å². The van der Waals surface area contributed by atoms with E-state index in [0.717, 1.165) is 0 Å². The molecule has 0 aliphatic carbocycles. The number of para-hydroxylation sites is 2. The minimum absolute atomic E-state index is 0.296. The van der Waals surface area contributed by atoms with Crippen molar-refractivity contribution in [2.75, 3.05) is 12.4 Å². The Morgan fingerprint density at radius 1 is 1.10 bits per heavy atom. The second-order valence-electron chi connectivity index (χ2n) is 3.89. The van der Waals surface area contributed by atoms with Gasteiger partial charge in [-0.05, 0) is 36.4 Å². The number of carbonyl (C=O) groups is 2. The topological polar surface area (TPSA) is 64.6 Å². The highest BCUT2D eigenvalue weighted by atomic mass is 16.5. The largest absolute Gasteiger partial charge is 0.497 e. The molecule has 0 unspecified atom stereocenters. The van der Waals surface area contributed by atoms with E-state index in [9.17, 15) is 9.59 Å². The molecule has 0 saturated carbocycles. The van der Waals surface area contributed by atoms with Crippen molar-refractivity contribution >= 4 is 18.1 Å². The van der Waals surface area contributed by atoms with Crippen molar-refractivity contribution in [3.63, 3.8) is 0 Å². The molecule has 5 nitrogen and oxygen atoms in total. The summed E-state index contributed by atoms with van der Waals surface area (Å²) in [6.07, 6.45) is 0. The maximum absolute atomic E-state index is 12.1. The van der Waals surface area contributed by atoms with Crippen LogP contribution in [0.15, 0.2) is 48.5 Å². The summed E-state index contributed by atoms with van der Waals surface area (Å²) in [5.41, 5.74) is 0.909. The smallest absolute Gasteiger partial charge is 0.298 e. The number of benzene rings is 2. The molecule has 102 valence electrons. The standard InChI is InChI=1S/C15H13NO4/c1-19-12-8-6-11(7-9-12)15(18)16-13-4-2-3-5-14(13)20-10-17/h2-10H,1H3,(H,16,18). The van der Waals surface area contributed by atoms with Crippen LogP contribution in [0.2, 0.25) is 0 Å². The summed E-state index contributed by atoms with van der Waals surface area (Å²) in [5, 5.41) is 2.69. The SMILES string of the molecule is COc1ccc(C(=O)Nc2ccccc2OC=O)cc1. The summed E-state index contributed by atoms with van der Waals surface area (Å²) in [6, 6.07) is 13.4. The van der Waals surface area contributed by atoms with E-state index in [1.54, 1.807) is 55.6 Å². The fourth-order valence-electron chi connectivity index (χ4n) is 1.66. The lowest BCUT2D eigenvalue weighted by Crippen LogP contribution is -2.12. The number of anilines is 1. The van der Waals surface area contributed by atoms with E-state index >= 15 is 0 Å². The minimum atomic E-state index is -0.297. The van der Waals surface area contributed by atoms with Gasteiger partial charge in [0.2, 0.25) is 0 Å². The molecular weight excluding hydrogens is 258 g/mol. The molecule has 0 aliphatic heterocycles. The first kappa shape index (κ1) is 13.6. The van der Waals surface area contributed by atoms with Crippen molar-refractivity contribution in [1.29, 1.82) is 0 Å². The van der Waals surface area contributed by atoms with Crippen molar-refractivity contribution in [3.05, 3.63) is 54.1 Å². The van der Waals surface area contributed by atoms with Gasteiger partial charge in [-0.1, -0.05) is 12.1 Å². The molecule has 0 aromatic heterocycles. The number of rotatable bonds is 5. The highest BCUT2D eigenvalue weighted by Gasteiger charge is 2.09. The monoisotopic (exact) mass is 271 g/mol. The third kappa shape index (κ3) is 3.14. The summed E-state index contributed by atoms with van der Waals surface area (Å²) < 4.78 is 9.82. The van der Waals surface area contributed by atoms with E-state index in [1.807, 2.05) is 0 Å². The zero-order chi connectivity index (χ0) is 14.4. The first-order valence-electron chi connectivity index (χ1n) is 5.89. The van der Waals surface area contributed by atoms with E-state index in [4.69, 9.17) is 9.47 Å². The molecule has 0 aliphatic rings. The number of nitrogens with one attached hydrogen (secondary N) is 1. The third-order valence-corrected chi connectivity index (χ3v) is 2.66. The highest BCUT2D eigenvalue weighted by Crippen LogP contribution is 2.24. The molecule has 0 fully saturated rings. The van der Waals surface area contributed by atoms with Gasteiger partial charge in [-0.15, -0.1) is 0 Å². The zero-order valence-corrected chi connectivity index (χ0v) is 10.8. The Kier molecular flexibility index (Phi) is 4.34. The normalized spacial score (nSPS) is 9.65. The van der Waals surface area contributed by atoms with Crippen molar-refractivity contribution in [2.24, 2.45) is 0 Å². The maximum atomic E-state index is 12.1. The van der Waals surface area contributed by atoms with Crippen LogP contribution in [-0.4, -0.2) is 19.5 Å². The van der Waals surface area contributed by atoms with Crippen molar-refractivity contribution in [3.8, 4) is 11.5 Å². The summed E-state index contributed by atoms with van der Waals surface area (Å²) in [7, 11) is 1.56. The molecule has 0 saturated heterocycles. The Morgan fingerprint density at radius 2 is 1.80 bits per heavy atom. The predicted octanol–water partition coefficient (Wildman–Crippen LogP) is 2.48. The zero-order valence-electron chi connectivity index (χ0n) is 10.8. The molecule has 1 amide bonds. The molecule has 0 bridgehead atoms. The average Bonchev–Trinajstić information content (AvgIpc) is 2.49. The van der Waals surface area contributed by atoms with E-state index in [0.29, 0.717) is 29.2 Å². The predicted molar refractivity (Wildman–Crippen MR) is 74.1 cm³/mol. The maximum Gasteiger partial charge on any atom is 0.298 e. The van der Waals surface area contributed by atoms with E-state index in [2.05, 4.69) is 5.32 Å². The van der Waals surface area contributed by atoms with Gasteiger partial charge in [0.25, 0.3) is 12.4 Å². The summed E-state index contributed by atoms with van der Waals surface area (Å²) >= 11 is 0. The van der Waals surface area contributed by atoms with Crippen LogP contribution in [0.4, 0.5) is 5.69 Å². The minimum Gasteiger partial charge on any atom is -0.497 e. The number of ether oxygens (including phenoxy) is 2. The van der Waals surface area contributed by atoms with Gasteiger partial charge in [0, 0.05) is 5.56 Å². The van der Waals surface area contributed by atoms with Crippen molar-refractivity contribution in [1.82, 2.24) is 0 Å². The second-order valence-corrected chi connectivity index (χ2v) is 3.89. The van der Waals surface area contributed by atoms with Gasteiger partial charge in [0.1, 0.15) is 5.75 Å². The molecule has 0 atom stereocenters. The van der Waals surface area contributed by atoms with Gasteiger partial charge in [-0.2, -0.15) is 0 Å². The van der Waals surface area contributed by atoms with Gasteiger partial charge in [-0.25, -0.2) is 0 Å². The van der Waals surface area contributed by atoms with Crippen LogP contribution in [0.5, 0.6) is 11.5 Å². The van der Waals surface area contributed by atoms with Crippen LogP contribution in [0.1, 0.15) is 10.4 Å². The van der Waals surface area contributed by atoms with E-state index in [1.165, 1.54) is 0 Å². The molecule has 2 aromatic rings. The van der Waals surface area contributed by atoms with Crippen LogP contribution in [0.3, 0.4) is 0 Å². The number of hydrogen-bond donors (Lipinski definition) is 1. The number of amides is 1. The number of methoxy groups -OCH3 is 1. The summed E-state index contributed by atoms with van der Waals surface area (Å²) in [4.78, 5) is 22.5. The first-order chi connectivity index (χ1) is 9.74. The molecule has 0 radical (unpaired) electrons. The van der Waals surface area contributed by atoms with Crippen LogP contribution >= 0.6 is 0 Å². The fraction of sp³-hybridized carbons (Fsp3) is 0.0667. The van der Waals surface area contributed by atoms with Gasteiger partial charge in [-0.3, -0.25) is 9.59 Å². The molecule has 5 heteroatoms. The molecule has 0 spiro atoms. The third-order valence-electron chi connectivity index (χ3n) is 2.66. The second kappa shape index (κ2) is 6.38. The highest BCUT2D eigenvalue weighted by molar-refractivity contribution is 6.05. The Bertz CT molecular complexity index is 608. The van der Waals surface area contributed by atoms with Crippen LogP contribution in [-0.2, 0) is 4.79 Å². The average molecular weight is 271 g/mol. The Hall–Kier alpha value is -2.82. The van der Waals surface area contributed by atoms with Gasteiger partial charge >= 0.3 is 0 Å².